The van der Waals surface area contributed by atoms with Crippen molar-refractivity contribution in [1.82, 2.24) is 0 Å². The molecule has 4 aliphatic rings. The summed E-state index contributed by atoms with van der Waals surface area (Å²) in [5.74, 6) is 7.01. The maximum atomic E-state index is 12.2. The third kappa shape index (κ3) is 2.04. The van der Waals surface area contributed by atoms with E-state index in [0.717, 1.165) is 31.1 Å². The van der Waals surface area contributed by atoms with Crippen molar-refractivity contribution in [3.05, 3.63) is 23.8 Å². The third-order valence-corrected chi connectivity index (χ3v) is 7.83. The summed E-state index contributed by atoms with van der Waals surface area (Å²) in [5.41, 5.74) is -0.744. The van der Waals surface area contributed by atoms with Crippen LogP contribution in [0.25, 0.3) is 0 Å². The van der Waals surface area contributed by atoms with Crippen LogP contribution in [0.1, 0.15) is 52.4 Å². The molecule has 0 aliphatic heterocycles. The van der Waals surface area contributed by atoms with E-state index in [2.05, 4.69) is 24.8 Å². The van der Waals surface area contributed by atoms with Crippen LogP contribution in [0.15, 0.2) is 23.8 Å². The molecular weight excluding hydrogens is 312 g/mol. The summed E-state index contributed by atoms with van der Waals surface area (Å²) in [6.45, 7) is 3.97. The van der Waals surface area contributed by atoms with E-state index in [-0.39, 0.29) is 23.0 Å². The maximum Gasteiger partial charge on any atom is 0.156 e. The van der Waals surface area contributed by atoms with Crippen molar-refractivity contribution in [2.75, 3.05) is 0 Å². The number of aldehydes is 1. The normalized spacial score (nSPS) is 47.7. The van der Waals surface area contributed by atoms with Crippen molar-refractivity contribution in [2.24, 2.45) is 28.6 Å². The highest BCUT2D eigenvalue weighted by Gasteiger charge is 2.63. The summed E-state index contributed by atoms with van der Waals surface area (Å²) in [6, 6.07) is 0. The molecule has 0 aromatic rings. The standard InChI is InChI=1S/C22H26O3/c1-3-9-22(25)12-8-18-17-5-4-15-13-16(24)6-11-21(15,14-23)19(17)7-10-20(18,22)2/h4-5,13-14,17-19,25H,6-8,10-12H2,1-2H3/t17-,18-,19-,20-,21+,22-/m0/s1. The zero-order chi connectivity index (χ0) is 17.9. The molecule has 0 spiro atoms. The van der Waals surface area contributed by atoms with Crippen LogP contribution in [-0.2, 0) is 9.59 Å². The SMILES string of the molecule is CC#C[C@]1(O)CC[C@H]2[C@@H]3C=CC4=CC(=O)CC[C@]4(C=O)[C@H]3CC[C@@]21C. The molecule has 2 fully saturated rings. The second-order valence-electron chi connectivity index (χ2n) is 8.60. The molecule has 1 N–H and O–H groups in total. The number of aliphatic hydroxyl groups is 1. The number of rotatable bonds is 1. The summed E-state index contributed by atoms with van der Waals surface area (Å²) in [4.78, 5) is 24.1. The lowest BCUT2D eigenvalue weighted by Crippen LogP contribution is -2.54. The molecule has 6 atom stereocenters. The molecule has 25 heavy (non-hydrogen) atoms. The van der Waals surface area contributed by atoms with Crippen LogP contribution in [0.2, 0.25) is 0 Å². The van der Waals surface area contributed by atoms with Gasteiger partial charge in [0, 0.05) is 11.8 Å². The first-order chi connectivity index (χ1) is 11.9. The fourth-order valence-corrected chi connectivity index (χ4v) is 6.38. The van der Waals surface area contributed by atoms with Crippen LogP contribution in [-0.4, -0.2) is 22.8 Å². The molecule has 0 amide bonds. The van der Waals surface area contributed by atoms with Gasteiger partial charge in [-0.15, -0.1) is 5.92 Å². The third-order valence-electron chi connectivity index (χ3n) is 7.83. The smallest absolute Gasteiger partial charge is 0.156 e. The number of fused-ring (bicyclic) bond motifs is 5. The van der Waals surface area contributed by atoms with Gasteiger partial charge in [-0.05, 0) is 68.4 Å². The van der Waals surface area contributed by atoms with E-state index in [1.807, 2.05) is 6.08 Å². The highest BCUT2D eigenvalue weighted by molar-refractivity contribution is 5.94. The number of carbonyl (C=O) groups excluding carboxylic acids is 2. The highest BCUT2D eigenvalue weighted by Crippen LogP contribution is 2.65. The fraction of sp³-hybridized carbons (Fsp3) is 0.636. The second kappa shape index (κ2) is 5.42. The summed E-state index contributed by atoms with van der Waals surface area (Å²) < 4.78 is 0. The van der Waals surface area contributed by atoms with Crippen molar-refractivity contribution in [1.29, 1.82) is 0 Å². The number of hydrogen-bond donors (Lipinski definition) is 1. The van der Waals surface area contributed by atoms with Crippen molar-refractivity contribution < 1.29 is 14.7 Å². The minimum Gasteiger partial charge on any atom is -0.377 e. The molecule has 0 bridgehead atoms. The first kappa shape index (κ1) is 16.8. The lowest BCUT2D eigenvalue weighted by molar-refractivity contribution is -0.127. The van der Waals surface area contributed by atoms with Crippen LogP contribution in [0, 0.1) is 40.4 Å². The second-order valence-corrected chi connectivity index (χ2v) is 8.60. The molecular formula is C22H26O3. The van der Waals surface area contributed by atoms with Gasteiger partial charge in [-0.1, -0.05) is 25.0 Å². The minimum atomic E-state index is -0.918. The summed E-state index contributed by atoms with van der Waals surface area (Å²) in [5, 5.41) is 11.2. The van der Waals surface area contributed by atoms with Crippen LogP contribution in [0.5, 0.6) is 0 Å². The van der Waals surface area contributed by atoms with Crippen LogP contribution >= 0.6 is 0 Å². The first-order valence-corrected chi connectivity index (χ1v) is 9.46. The molecule has 3 heteroatoms. The summed E-state index contributed by atoms with van der Waals surface area (Å²) in [6.07, 6.45) is 11.6. The van der Waals surface area contributed by atoms with Crippen molar-refractivity contribution >= 4 is 12.1 Å². The highest BCUT2D eigenvalue weighted by atomic mass is 16.3. The average molecular weight is 338 g/mol. The monoisotopic (exact) mass is 338 g/mol. The van der Waals surface area contributed by atoms with E-state index in [4.69, 9.17) is 0 Å². The summed E-state index contributed by atoms with van der Waals surface area (Å²) >= 11 is 0. The average Bonchev–Trinajstić information content (AvgIpc) is 2.86. The Morgan fingerprint density at radius 3 is 2.72 bits per heavy atom. The van der Waals surface area contributed by atoms with Crippen molar-refractivity contribution in [3.63, 3.8) is 0 Å². The van der Waals surface area contributed by atoms with Gasteiger partial charge in [0.05, 0.1) is 5.41 Å². The van der Waals surface area contributed by atoms with Gasteiger partial charge in [0.2, 0.25) is 0 Å². The molecule has 0 aromatic carbocycles. The van der Waals surface area contributed by atoms with Crippen LogP contribution < -0.4 is 0 Å². The van der Waals surface area contributed by atoms with Gasteiger partial charge in [0.25, 0.3) is 0 Å². The lowest BCUT2D eigenvalue weighted by atomic mass is 9.48. The van der Waals surface area contributed by atoms with Crippen molar-refractivity contribution in [2.45, 2.75) is 58.0 Å². The van der Waals surface area contributed by atoms with Gasteiger partial charge in [-0.2, -0.15) is 0 Å². The number of carbonyl (C=O) groups is 2. The molecule has 4 aliphatic carbocycles. The zero-order valence-electron chi connectivity index (χ0n) is 15.0. The van der Waals surface area contributed by atoms with Gasteiger partial charge in [-0.25, -0.2) is 0 Å². The Morgan fingerprint density at radius 2 is 2.00 bits per heavy atom. The Hall–Kier alpha value is -1.66. The number of allylic oxidation sites excluding steroid dienone is 4. The van der Waals surface area contributed by atoms with E-state index in [9.17, 15) is 14.7 Å². The number of ketones is 1. The fourth-order valence-electron chi connectivity index (χ4n) is 6.38. The molecule has 0 heterocycles. The topological polar surface area (TPSA) is 54.4 Å². The van der Waals surface area contributed by atoms with E-state index in [1.165, 1.54) is 0 Å². The molecule has 0 unspecified atom stereocenters. The largest absolute Gasteiger partial charge is 0.377 e. The minimum absolute atomic E-state index is 0.129. The predicted octanol–water partition coefficient (Wildman–Crippen LogP) is 3.23. The van der Waals surface area contributed by atoms with Gasteiger partial charge in [0.15, 0.2) is 5.78 Å². The van der Waals surface area contributed by atoms with Crippen LogP contribution in [0.3, 0.4) is 0 Å². The molecule has 0 radical (unpaired) electrons. The molecule has 4 rings (SSSR count). The Kier molecular flexibility index (Phi) is 3.64. The maximum absolute atomic E-state index is 12.2. The first-order valence-electron chi connectivity index (χ1n) is 9.46. The van der Waals surface area contributed by atoms with Crippen LogP contribution in [0.4, 0.5) is 0 Å². The molecule has 132 valence electrons. The van der Waals surface area contributed by atoms with Gasteiger partial charge < -0.3 is 9.90 Å². The molecule has 0 saturated heterocycles. The Bertz CT molecular complexity index is 751. The Labute approximate surface area is 149 Å². The van der Waals surface area contributed by atoms with E-state index < -0.39 is 11.0 Å². The summed E-state index contributed by atoms with van der Waals surface area (Å²) in [7, 11) is 0. The predicted molar refractivity (Wildman–Crippen MR) is 95.4 cm³/mol. The Morgan fingerprint density at radius 1 is 1.24 bits per heavy atom. The van der Waals surface area contributed by atoms with E-state index in [0.29, 0.717) is 25.2 Å². The van der Waals surface area contributed by atoms with Crippen molar-refractivity contribution in [3.8, 4) is 11.8 Å². The quantitative estimate of drug-likeness (QED) is 0.590. The zero-order valence-corrected chi connectivity index (χ0v) is 15.0. The van der Waals surface area contributed by atoms with E-state index >= 15 is 0 Å². The van der Waals surface area contributed by atoms with Gasteiger partial charge >= 0.3 is 0 Å². The Balaban J connectivity index is 1.78. The molecule has 3 nitrogen and oxygen atoms in total. The van der Waals surface area contributed by atoms with E-state index in [1.54, 1.807) is 13.0 Å². The van der Waals surface area contributed by atoms with Gasteiger partial charge in [-0.3, -0.25) is 4.79 Å². The lowest BCUT2D eigenvalue weighted by Gasteiger charge is -2.55. The molecule has 2 saturated carbocycles. The van der Waals surface area contributed by atoms with Gasteiger partial charge in [0.1, 0.15) is 11.9 Å². The number of hydrogen-bond acceptors (Lipinski definition) is 3. The molecule has 0 aromatic heterocycles.